The summed E-state index contributed by atoms with van der Waals surface area (Å²) in [5, 5.41) is 20.4. The maximum absolute atomic E-state index is 10.2. The minimum Gasteiger partial charge on any atom is -0.550 e. The molecule has 0 rings (SSSR count). The quantitative estimate of drug-likeness (QED) is 0.0451. The number of unbranched alkanes of at least 4 members (excludes halogenated alkanes) is 22. The van der Waals surface area contributed by atoms with Crippen molar-refractivity contribution in [2.45, 2.75) is 194 Å². The molecule has 0 aromatic carbocycles. The van der Waals surface area contributed by atoms with E-state index in [1.54, 1.807) is 0 Å². The first-order chi connectivity index (χ1) is 19.5. The van der Waals surface area contributed by atoms with Crippen molar-refractivity contribution in [1.29, 1.82) is 0 Å². The summed E-state index contributed by atoms with van der Waals surface area (Å²) < 4.78 is 0. The molecular formula is C36H66O4Zn. The molecule has 0 amide bonds. The summed E-state index contributed by atoms with van der Waals surface area (Å²) in [7, 11) is 0. The summed E-state index contributed by atoms with van der Waals surface area (Å²) in [6.45, 7) is 4.51. The number of carboxylic acid groups (broad SMARTS) is 2. The van der Waals surface area contributed by atoms with Crippen LogP contribution in [-0.4, -0.2) is 11.9 Å². The van der Waals surface area contributed by atoms with E-state index >= 15 is 0 Å². The number of carbonyl (C=O) groups excluding carboxylic acids is 2. The van der Waals surface area contributed by atoms with Gasteiger partial charge in [-0.1, -0.05) is 141 Å². The van der Waals surface area contributed by atoms with Crippen LogP contribution in [0, 0.1) is 0 Å². The summed E-state index contributed by atoms with van der Waals surface area (Å²) in [4.78, 5) is 20.4. The molecule has 0 aliphatic carbocycles. The zero-order valence-corrected chi connectivity index (χ0v) is 30.4. The number of rotatable bonds is 30. The van der Waals surface area contributed by atoms with E-state index in [1.807, 2.05) is 0 Å². The van der Waals surface area contributed by atoms with Crippen molar-refractivity contribution in [2.75, 3.05) is 0 Å². The number of hydrogen-bond donors (Lipinski definition) is 0. The zero-order valence-electron chi connectivity index (χ0n) is 27.4. The normalized spacial score (nSPS) is 11.0. The zero-order chi connectivity index (χ0) is 29.8. The summed E-state index contributed by atoms with van der Waals surface area (Å²) in [5.41, 5.74) is 0. The van der Waals surface area contributed by atoms with Gasteiger partial charge in [0.2, 0.25) is 0 Å². The molecule has 0 radical (unpaired) electrons. The first-order valence-electron chi connectivity index (χ1n) is 17.2. The molecule has 0 fully saturated rings. The van der Waals surface area contributed by atoms with E-state index in [0.717, 1.165) is 38.5 Å². The van der Waals surface area contributed by atoms with E-state index in [0.29, 0.717) is 0 Å². The number of carbonyl (C=O) groups is 2. The van der Waals surface area contributed by atoms with Gasteiger partial charge in [-0.15, -0.1) is 0 Å². The third-order valence-corrected chi connectivity index (χ3v) is 7.29. The Balaban J connectivity index is -0.000000688. The fourth-order valence-corrected chi connectivity index (χ4v) is 4.68. The molecule has 5 heteroatoms. The third kappa shape index (κ3) is 49.1. The Labute approximate surface area is 268 Å². The molecule has 0 unspecified atom stereocenters. The van der Waals surface area contributed by atoms with Crippen LogP contribution in [0.25, 0.3) is 0 Å². The molecule has 0 atom stereocenters. The molecule has 0 aliphatic rings. The molecule has 0 spiro atoms. The molecule has 0 N–H and O–H groups in total. The van der Waals surface area contributed by atoms with E-state index in [9.17, 15) is 19.8 Å². The monoisotopic (exact) mass is 626 g/mol. The average Bonchev–Trinajstić information content (AvgIpc) is 2.93. The van der Waals surface area contributed by atoms with Gasteiger partial charge in [0.15, 0.2) is 0 Å². The SMILES string of the molecule is CCCCCCCC/C=C/CCCCCCCC(=O)[O-].CCCCCCCC/C=C/CCCCCCCC(=O)[O-].[Zn+2]. The van der Waals surface area contributed by atoms with Gasteiger partial charge in [0.05, 0.1) is 0 Å². The van der Waals surface area contributed by atoms with Crippen molar-refractivity contribution in [3.8, 4) is 0 Å². The standard InChI is InChI=1S/2C18H34O2.Zn/c2*1-2-3-4-5-6-7-8-9-10-11-12-13-14-15-16-17-18(19)20;/h2*9-10H,2-8,11-17H2,1H3,(H,19,20);/q;;+2/p-2/b2*10-9+;. The van der Waals surface area contributed by atoms with E-state index in [2.05, 4.69) is 38.2 Å². The summed E-state index contributed by atoms with van der Waals surface area (Å²) in [6, 6.07) is 0. The Morgan fingerprint density at radius 3 is 0.854 bits per heavy atom. The van der Waals surface area contributed by atoms with Crippen LogP contribution in [0.5, 0.6) is 0 Å². The van der Waals surface area contributed by atoms with Crippen LogP contribution in [0.3, 0.4) is 0 Å². The van der Waals surface area contributed by atoms with E-state index in [1.165, 1.54) is 128 Å². The van der Waals surface area contributed by atoms with Gasteiger partial charge in [-0.2, -0.15) is 0 Å². The molecule has 0 aromatic heterocycles. The van der Waals surface area contributed by atoms with Gasteiger partial charge >= 0.3 is 19.5 Å². The van der Waals surface area contributed by atoms with Crippen molar-refractivity contribution in [1.82, 2.24) is 0 Å². The molecule has 0 saturated heterocycles. The van der Waals surface area contributed by atoms with Gasteiger partial charge in [0, 0.05) is 11.9 Å². The summed E-state index contributed by atoms with van der Waals surface area (Å²) in [6.07, 6.45) is 41.8. The van der Waals surface area contributed by atoms with Crippen LogP contribution in [0.4, 0.5) is 0 Å². The Kier molecular flexibility index (Phi) is 44.7. The summed E-state index contributed by atoms with van der Waals surface area (Å²) >= 11 is 0. The Morgan fingerprint density at radius 1 is 0.390 bits per heavy atom. The molecule has 236 valence electrons. The van der Waals surface area contributed by atoms with Gasteiger partial charge in [0.1, 0.15) is 0 Å². The van der Waals surface area contributed by atoms with Crippen LogP contribution in [0.1, 0.15) is 194 Å². The Bertz CT molecular complexity index is 524. The van der Waals surface area contributed by atoms with Crippen molar-refractivity contribution in [3.63, 3.8) is 0 Å². The number of hydrogen-bond acceptors (Lipinski definition) is 4. The van der Waals surface area contributed by atoms with Crippen LogP contribution >= 0.6 is 0 Å². The fourth-order valence-electron chi connectivity index (χ4n) is 4.68. The molecule has 0 heterocycles. The maximum atomic E-state index is 10.2. The topological polar surface area (TPSA) is 80.3 Å². The Hall–Kier alpha value is -0.957. The number of carboxylic acids is 2. The third-order valence-electron chi connectivity index (χ3n) is 7.29. The van der Waals surface area contributed by atoms with Crippen LogP contribution in [-0.2, 0) is 29.1 Å². The molecule has 0 aromatic rings. The van der Waals surface area contributed by atoms with Crippen molar-refractivity contribution >= 4 is 11.9 Å². The maximum Gasteiger partial charge on any atom is 2.00 e. The van der Waals surface area contributed by atoms with E-state index in [-0.39, 0.29) is 32.3 Å². The first-order valence-corrected chi connectivity index (χ1v) is 17.2. The minimum absolute atomic E-state index is 0. The fraction of sp³-hybridized carbons (Fsp3) is 0.833. The molecular weight excluding hydrogens is 562 g/mol. The molecule has 0 saturated carbocycles. The molecule has 0 bridgehead atoms. The van der Waals surface area contributed by atoms with Crippen molar-refractivity contribution < 1.29 is 39.3 Å². The van der Waals surface area contributed by atoms with Crippen LogP contribution in [0.15, 0.2) is 24.3 Å². The number of aliphatic carboxylic acids is 2. The Morgan fingerprint density at radius 2 is 0.610 bits per heavy atom. The minimum atomic E-state index is -0.914. The predicted octanol–water partition coefficient (Wildman–Crippen LogP) is 9.55. The van der Waals surface area contributed by atoms with Crippen LogP contribution < -0.4 is 10.2 Å². The van der Waals surface area contributed by atoms with E-state index < -0.39 is 11.9 Å². The molecule has 0 aliphatic heterocycles. The number of allylic oxidation sites excluding steroid dienone is 4. The van der Waals surface area contributed by atoms with Gasteiger partial charge in [-0.05, 0) is 77.0 Å². The van der Waals surface area contributed by atoms with Crippen molar-refractivity contribution in [2.24, 2.45) is 0 Å². The smallest absolute Gasteiger partial charge is 0.550 e. The van der Waals surface area contributed by atoms with Gasteiger partial charge in [-0.3, -0.25) is 0 Å². The second kappa shape index (κ2) is 41.2. The molecule has 4 nitrogen and oxygen atoms in total. The predicted molar refractivity (Wildman–Crippen MR) is 169 cm³/mol. The summed E-state index contributed by atoms with van der Waals surface area (Å²) in [5.74, 6) is -1.83. The van der Waals surface area contributed by atoms with Gasteiger partial charge in [0.25, 0.3) is 0 Å². The largest absolute Gasteiger partial charge is 2.00 e. The second-order valence-electron chi connectivity index (χ2n) is 11.4. The van der Waals surface area contributed by atoms with Crippen molar-refractivity contribution in [3.05, 3.63) is 24.3 Å². The molecule has 41 heavy (non-hydrogen) atoms. The van der Waals surface area contributed by atoms with Gasteiger partial charge in [-0.25, -0.2) is 0 Å². The van der Waals surface area contributed by atoms with Crippen LogP contribution in [0.2, 0.25) is 0 Å². The average molecular weight is 628 g/mol. The second-order valence-corrected chi connectivity index (χ2v) is 11.4. The van der Waals surface area contributed by atoms with E-state index in [4.69, 9.17) is 0 Å². The first kappa shape index (κ1) is 44.5. The van der Waals surface area contributed by atoms with Gasteiger partial charge < -0.3 is 19.8 Å².